The summed E-state index contributed by atoms with van der Waals surface area (Å²) in [7, 11) is 0. The third-order valence-electron chi connectivity index (χ3n) is 17.3. The van der Waals surface area contributed by atoms with E-state index in [1.165, 1.54) is 132 Å². The smallest absolute Gasteiger partial charge is 0.252 e. The van der Waals surface area contributed by atoms with Crippen LogP contribution in [-0.2, 0) is 37.9 Å². The summed E-state index contributed by atoms with van der Waals surface area (Å²) in [5.74, 6) is 0. The molecule has 0 unspecified atom stereocenters. The molecule has 0 fully saturated rings. The molecule has 2 aliphatic carbocycles. The fourth-order valence-electron chi connectivity index (χ4n) is 12.5. The van der Waals surface area contributed by atoms with E-state index in [-0.39, 0.29) is 44.6 Å². The van der Waals surface area contributed by atoms with Crippen molar-refractivity contribution in [2.24, 2.45) is 0 Å². The Balaban J connectivity index is 1.33. The first-order chi connectivity index (χ1) is 31.5. The highest BCUT2D eigenvalue weighted by molar-refractivity contribution is 7.00. The van der Waals surface area contributed by atoms with Gasteiger partial charge in [-0.2, -0.15) is 0 Å². The number of anilines is 6. The molecule has 0 bridgehead atoms. The number of nitrogens with zero attached hydrogens (tertiary/aromatic N) is 2. The lowest BCUT2D eigenvalue weighted by molar-refractivity contribution is 0.332. The second-order valence-electron chi connectivity index (χ2n) is 27.4. The Morgan fingerprint density at radius 1 is 0.412 bits per heavy atom. The van der Waals surface area contributed by atoms with E-state index in [1.807, 2.05) is 0 Å². The second-order valence-corrected chi connectivity index (χ2v) is 27.4. The fraction of sp³-hybridized carbons (Fsp3) is 0.446. The van der Waals surface area contributed by atoms with Crippen LogP contribution in [0.15, 0.2) is 103 Å². The summed E-state index contributed by atoms with van der Waals surface area (Å²) in [4.78, 5) is 5.39. The van der Waals surface area contributed by atoms with Gasteiger partial charge >= 0.3 is 0 Å². The van der Waals surface area contributed by atoms with Crippen molar-refractivity contribution in [3.8, 4) is 11.1 Å². The molecule has 0 saturated carbocycles. The Kier molecular flexibility index (Phi) is 10.3. The van der Waals surface area contributed by atoms with Crippen molar-refractivity contribution < 1.29 is 0 Å². The van der Waals surface area contributed by atoms with Gasteiger partial charge in [-0.3, -0.25) is 0 Å². The van der Waals surface area contributed by atoms with Crippen molar-refractivity contribution in [3.63, 3.8) is 0 Å². The zero-order valence-electron chi connectivity index (χ0n) is 45.1. The molecular formula is C65H79BN2. The predicted molar refractivity (Wildman–Crippen MR) is 297 cm³/mol. The molecule has 6 aromatic rings. The minimum atomic E-state index is -0.0382. The molecule has 3 heteroatoms. The Hall–Kier alpha value is -5.02. The highest BCUT2D eigenvalue weighted by Crippen LogP contribution is 2.54. The molecule has 0 amide bonds. The van der Waals surface area contributed by atoms with Gasteiger partial charge in [0.25, 0.3) is 6.71 Å². The van der Waals surface area contributed by atoms with E-state index in [2.05, 4.69) is 238 Å². The Morgan fingerprint density at radius 2 is 0.912 bits per heavy atom. The summed E-state index contributed by atoms with van der Waals surface area (Å²) >= 11 is 0. The first-order valence-corrected chi connectivity index (χ1v) is 26.0. The second kappa shape index (κ2) is 15.0. The molecule has 0 N–H and O–H groups in total. The van der Waals surface area contributed by atoms with Crippen molar-refractivity contribution in [1.29, 1.82) is 0 Å². The number of aryl methyl sites for hydroxylation is 1. The van der Waals surface area contributed by atoms with E-state index in [9.17, 15) is 0 Å². The first kappa shape index (κ1) is 46.7. The van der Waals surface area contributed by atoms with E-state index in [0.29, 0.717) is 0 Å². The number of fused-ring (bicyclic) bond motifs is 6. The highest BCUT2D eigenvalue weighted by atomic mass is 15.2. The molecule has 0 aromatic heterocycles. The van der Waals surface area contributed by atoms with Gasteiger partial charge in [0.2, 0.25) is 0 Å². The van der Waals surface area contributed by atoms with Crippen LogP contribution < -0.4 is 26.2 Å². The van der Waals surface area contributed by atoms with Gasteiger partial charge in [0.15, 0.2) is 0 Å². The molecule has 0 saturated heterocycles. The quantitative estimate of drug-likeness (QED) is 0.163. The number of hydrogen-bond donors (Lipinski definition) is 0. The van der Waals surface area contributed by atoms with Gasteiger partial charge < -0.3 is 9.80 Å². The molecule has 10 rings (SSSR count). The van der Waals surface area contributed by atoms with Crippen LogP contribution >= 0.6 is 0 Å². The molecule has 2 aliphatic heterocycles. The van der Waals surface area contributed by atoms with Crippen molar-refractivity contribution in [2.45, 2.75) is 188 Å². The minimum Gasteiger partial charge on any atom is -0.311 e. The average Bonchev–Trinajstić information content (AvgIpc) is 3.25. The van der Waals surface area contributed by atoms with Crippen LogP contribution in [0.3, 0.4) is 0 Å². The standard InChI is InChI=1S/C65H79BN2/c1-40-32-56-58-57(33-40)68(53-27-23-43(60(5,6)7)35-46(53)41-20-19-21-42(34-41)59(2,3)4)54-36-44(61(8,9)10)22-26-51(54)66(58)52-38-49-50(65(17,18)31-30-64(49,15)16)39-55(52)67(56)45-24-25-47-48(37-45)63(13,14)29-28-62(47,11)12/h19-27,32-39H,28-31H2,1-18H3. The molecule has 2 nitrogen and oxygen atoms in total. The molecule has 6 aromatic carbocycles. The highest BCUT2D eigenvalue weighted by Gasteiger charge is 2.48. The minimum absolute atomic E-state index is 0.0153. The van der Waals surface area contributed by atoms with Gasteiger partial charge in [-0.05, 0) is 186 Å². The predicted octanol–water partition coefficient (Wildman–Crippen LogP) is 16.3. The van der Waals surface area contributed by atoms with Gasteiger partial charge in [0.1, 0.15) is 0 Å². The Labute approximate surface area is 412 Å². The van der Waals surface area contributed by atoms with Crippen LogP contribution in [-0.4, -0.2) is 6.71 Å². The average molecular weight is 899 g/mol. The van der Waals surface area contributed by atoms with Gasteiger partial charge in [-0.1, -0.05) is 172 Å². The molecule has 2 heterocycles. The largest absolute Gasteiger partial charge is 0.311 e. The van der Waals surface area contributed by atoms with Crippen LogP contribution in [0.1, 0.15) is 188 Å². The van der Waals surface area contributed by atoms with E-state index in [4.69, 9.17) is 0 Å². The van der Waals surface area contributed by atoms with Crippen LogP contribution in [0.4, 0.5) is 34.1 Å². The summed E-state index contributed by atoms with van der Waals surface area (Å²) in [6.07, 6.45) is 4.75. The van der Waals surface area contributed by atoms with E-state index < -0.39 is 0 Å². The van der Waals surface area contributed by atoms with Crippen LogP contribution in [0.25, 0.3) is 11.1 Å². The molecular weight excluding hydrogens is 820 g/mol. The zero-order chi connectivity index (χ0) is 49.1. The number of hydrogen-bond acceptors (Lipinski definition) is 2. The summed E-state index contributed by atoms with van der Waals surface area (Å²) in [6, 6.07) is 42.2. The van der Waals surface area contributed by atoms with Crippen molar-refractivity contribution >= 4 is 57.2 Å². The zero-order valence-corrected chi connectivity index (χ0v) is 45.1. The first-order valence-electron chi connectivity index (χ1n) is 26.0. The lowest BCUT2D eigenvalue weighted by Crippen LogP contribution is -2.62. The van der Waals surface area contributed by atoms with Crippen molar-refractivity contribution in [1.82, 2.24) is 0 Å². The van der Waals surface area contributed by atoms with Gasteiger partial charge in [-0.25, -0.2) is 0 Å². The summed E-state index contributed by atoms with van der Waals surface area (Å²) < 4.78 is 0. The molecule has 0 radical (unpaired) electrons. The third-order valence-corrected chi connectivity index (χ3v) is 17.3. The molecule has 0 spiro atoms. The topological polar surface area (TPSA) is 6.48 Å². The number of benzene rings is 6. The van der Waals surface area contributed by atoms with Crippen LogP contribution in [0.2, 0.25) is 0 Å². The normalized spacial score (nSPS) is 18.6. The number of rotatable bonds is 3. The molecule has 0 atom stereocenters. The summed E-state index contributed by atoms with van der Waals surface area (Å²) in [5.41, 5.74) is 26.1. The van der Waals surface area contributed by atoms with Gasteiger partial charge in [0.05, 0.1) is 5.69 Å². The Bertz CT molecular complexity index is 3040. The van der Waals surface area contributed by atoms with E-state index >= 15 is 0 Å². The maximum absolute atomic E-state index is 2.71. The maximum Gasteiger partial charge on any atom is 0.252 e. The van der Waals surface area contributed by atoms with Crippen LogP contribution in [0, 0.1) is 6.92 Å². The third kappa shape index (κ3) is 7.42. The Morgan fingerprint density at radius 3 is 1.51 bits per heavy atom. The lowest BCUT2D eigenvalue weighted by Gasteiger charge is -2.48. The van der Waals surface area contributed by atoms with Gasteiger partial charge in [-0.15, -0.1) is 0 Å². The molecule has 352 valence electrons. The van der Waals surface area contributed by atoms with E-state index in [1.54, 1.807) is 0 Å². The summed E-state index contributed by atoms with van der Waals surface area (Å²) in [6.45, 7) is 43.3. The molecule has 68 heavy (non-hydrogen) atoms. The SMILES string of the molecule is Cc1cc2c3c(c1)N(c1ccc(C(C)(C)C)cc1-c1cccc(C(C)(C)C)c1)c1cc(C(C)(C)C)ccc1B3c1cc3c(cc1N2c1ccc2c(c1)C(C)(C)CCC2(C)C)C(C)(C)CCC3(C)C. The summed E-state index contributed by atoms with van der Waals surface area (Å²) in [5, 5.41) is 0. The van der Waals surface area contributed by atoms with Crippen molar-refractivity contribution in [3.05, 3.63) is 148 Å². The lowest BCUT2D eigenvalue weighted by atomic mass is 9.33. The van der Waals surface area contributed by atoms with Crippen LogP contribution in [0.5, 0.6) is 0 Å². The maximum atomic E-state index is 2.71. The van der Waals surface area contributed by atoms with Gasteiger partial charge in [0, 0.05) is 34.0 Å². The fourth-order valence-corrected chi connectivity index (χ4v) is 12.5. The monoisotopic (exact) mass is 899 g/mol. The van der Waals surface area contributed by atoms with E-state index in [0.717, 1.165) is 0 Å². The van der Waals surface area contributed by atoms with Crippen molar-refractivity contribution in [2.75, 3.05) is 9.80 Å². The molecule has 4 aliphatic rings.